The fraction of sp³-hybridized carbons (Fsp3) is 0.100. The minimum absolute atomic E-state index is 0.107. The summed E-state index contributed by atoms with van der Waals surface area (Å²) in [5.74, 6) is -0.878. The quantitative estimate of drug-likeness (QED) is 0.247. The lowest BCUT2D eigenvalue weighted by Crippen LogP contribution is -2.30. The van der Waals surface area contributed by atoms with Crippen molar-refractivity contribution in [3.05, 3.63) is 117 Å². The Morgan fingerprint density at radius 3 is 2.45 bits per heavy atom. The zero-order valence-electron chi connectivity index (χ0n) is 20.5. The van der Waals surface area contributed by atoms with E-state index < -0.39 is 5.92 Å². The number of nitriles is 1. The highest BCUT2D eigenvalue weighted by molar-refractivity contribution is 8.03. The highest BCUT2D eigenvalue weighted by atomic mass is 32.2. The van der Waals surface area contributed by atoms with Gasteiger partial charge in [0.05, 0.1) is 28.3 Å². The first-order valence-electron chi connectivity index (χ1n) is 12.0. The lowest BCUT2D eigenvalue weighted by Gasteiger charge is -2.29. The SMILES string of the molecule is CC1=C(C(=O)Nc2ccccc2)[C@@H](c2cccs2)C(C#N)=C(SCC(=O)Nc2ccc3ccccc3c2)N1. The van der Waals surface area contributed by atoms with Gasteiger partial charge in [-0.2, -0.15) is 5.26 Å². The summed E-state index contributed by atoms with van der Waals surface area (Å²) in [6.07, 6.45) is 0. The number of nitrogens with zero attached hydrogens (tertiary/aromatic N) is 1. The zero-order valence-corrected chi connectivity index (χ0v) is 22.2. The fourth-order valence-electron chi connectivity index (χ4n) is 4.39. The Bertz CT molecular complexity index is 1600. The van der Waals surface area contributed by atoms with Gasteiger partial charge in [0.1, 0.15) is 0 Å². The summed E-state index contributed by atoms with van der Waals surface area (Å²) >= 11 is 2.75. The summed E-state index contributed by atoms with van der Waals surface area (Å²) in [5.41, 5.74) is 2.94. The molecule has 0 unspecified atom stereocenters. The summed E-state index contributed by atoms with van der Waals surface area (Å²) in [7, 11) is 0. The van der Waals surface area contributed by atoms with E-state index in [4.69, 9.17) is 0 Å². The predicted molar refractivity (Wildman–Crippen MR) is 156 cm³/mol. The van der Waals surface area contributed by atoms with Gasteiger partial charge in [0, 0.05) is 27.5 Å². The van der Waals surface area contributed by atoms with E-state index in [1.165, 1.54) is 23.1 Å². The lowest BCUT2D eigenvalue weighted by molar-refractivity contribution is -0.114. The standard InChI is InChI=1S/C30H24N4O2S2/c1-19-27(29(36)34-22-10-3-2-4-11-22)28(25-12-7-15-37-25)24(17-31)30(32-19)38-18-26(35)33-23-14-13-20-8-5-6-9-21(20)16-23/h2-16,28,32H,18H2,1H3,(H,33,35)(H,34,36)/t28-/m1/s1. The molecule has 6 nitrogen and oxygen atoms in total. The number of carbonyl (C=O) groups is 2. The van der Waals surface area contributed by atoms with Crippen molar-refractivity contribution in [2.45, 2.75) is 12.8 Å². The highest BCUT2D eigenvalue weighted by Gasteiger charge is 2.35. The average Bonchev–Trinajstić information content (AvgIpc) is 3.46. The molecule has 188 valence electrons. The van der Waals surface area contributed by atoms with Gasteiger partial charge in [-0.15, -0.1) is 11.3 Å². The molecule has 1 aromatic heterocycles. The maximum absolute atomic E-state index is 13.4. The Kier molecular flexibility index (Phi) is 7.59. The minimum atomic E-state index is -0.531. The number of thioether (sulfide) groups is 1. The number of allylic oxidation sites excluding steroid dienone is 2. The fourth-order valence-corrected chi connectivity index (χ4v) is 6.12. The third-order valence-corrected chi connectivity index (χ3v) is 8.09. The molecule has 8 heteroatoms. The minimum Gasteiger partial charge on any atom is -0.353 e. The largest absolute Gasteiger partial charge is 0.353 e. The van der Waals surface area contributed by atoms with Gasteiger partial charge in [0.2, 0.25) is 5.91 Å². The number of dihydropyridines is 1. The molecule has 1 aliphatic heterocycles. The van der Waals surface area contributed by atoms with Crippen LogP contribution in [0.4, 0.5) is 11.4 Å². The predicted octanol–water partition coefficient (Wildman–Crippen LogP) is 6.61. The number of nitrogens with one attached hydrogen (secondary N) is 3. The smallest absolute Gasteiger partial charge is 0.254 e. The Morgan fingerprint density at radius 1 is 0.947 bits per heavy atom. The lowest BCUT2D eigenvalue weighted by atomic mass is 9.86. The van der Waals surface area contributed by atoms with Crippen molar-refractivity contribution in [1.29, 1.82) is 5.26 Å². The van der Waals surface area contributed by atoms with Crippen molar-refractivity contribution in [3.63, 3.8) is 0 Å². The molecule has 1 atom stereocenters. The van der Waals surface area contributed by atoms with E-state index in [1.54, 1.807) is 0 Å². The van der Waals surface area contributed by atoms with Gasteiger partial charge < -0.3 is 16.0 Å². The number of thiophene rings is 1. The number of rotatable bonds is 7. The molecule has 2 heterocycles. The molecule has 0 saturated heterocycles. The van der Waals surface area contributed by atoms with E-state index in [9.17, 15) is 14.9 Å². The van der Waals surface area contributed by atoms with Crippen LogP contribution < -0.4 is 16.0 Å². The van der Waals surface area contributed by atoms with Crippen molar-refractivity contribution in [2.24, 2.45) is 0 Å². The number of amides is 2. The van der Waals surface area contributed by atoms with Crippen LogP contribution in [0.2, 0.25) is 0 Å². The van der Waals surface area contributed by atoms with Crippen molar-refractivity contribution < 1.29 is 9.59 Å². The van der Waals surface area contributed by atoms with Gasteiger partial charge in [-0.1, -0.05) is 66.4 Å². The molecule has 3 aromatic carbocycles. The zero-order chi connectivity index (χ0) is 26.5. The molecule has 0 spiro atoms. The second kappa shape index (κ2) is 11.4. The molecule has 3 N–H and O–H groups in total. The Balaban J connectivity index is 1.36. The van der Waals surface area contributed by atoms with Crippen molar-refractivity contribution >= 4 is 57.1 Å². The molecule has 0 radical (unpaired) electrons. The normalized spacial score (nSPS) is 15.1. The van der Waals surface area contributed by atoms with Crippen molar-refractivity contribution in [3.8, 4) is 6.07 Å². The number of fused-ring (bicyclic) bond motifs is 1. The van der Waals surface area contributed by atoms with Crippen LogP contribution in [0.25, 0.3) is 10.8 Å². The Morgan fingerprint density at radius 2 is 1.71 bits per heavy atom. The first-order chi connectivity index (χ1) is 18.5. The third-order valence-electron chi connectivity index (χ3n) is 6.13. The molecule has 38 heavy (non-hydrogen) atoms. The summed E-state index contributed by atoms with van der Waals surface area (Å²) in [5, 5.41) is 24.0. The second-order valence-corrected chi connectivity index (χ2v) is 10.7. The molecule has 4 aromatic rings. The number of hydrogen-bond acceptors (Lipinski definition) is 6. The van der Waals surface area contributed by atoms with Gasteiger partial charge >= 0.3 is 0 Å². The summed E-state index contributed by atoms with van der Waals surface area (Å²) in [6, 6.07) is 29.1. The Labute approximate surface area is 229 Å². The summed E-state index contributed by atoms with van der Waals surface area (Å²) in [4.78, 5) is 27.1. The maximum atomic E-state index is 13.4. The van der Waals surface area contributed by atoms with Crippen LogP contribution in [0.5, 0.6) is 0 Å². The number of carbonyl (C=O) groups excluding carboxylic acids is 2. The third kappa shape index (κ3) is 5.49. The molecular formula is C30H24N4O2S2. The van der Waals surface area contributed by atoms with E-state index in [-0.39, 0.29) is 17.6 Å². The Hall–Kier alpha value is -4.32. The van der Waals surface area contributed by atoms with Gasteiger partial charge in [0.15, 0.2) is 0 Å². The van der Waals surface area contributed by atoms with Crippen LogP contribution in [0, 0.1) is 11.3 Å². The van der Waals surface area contributed by atoms with Crippen LogP contribution in [0.15, 0.2) is 112 Å². The van der Waals surface area contributed by atoms with Gasteiger partial charge in [0.25, 0.3) is 5.91 Å². The van der Waals surface area contributed by atoms with Crippen LogP contribution in [-0.4, -0.2) is 17.6 Å². The number of para-hydroxylation sites is 1. The molecule has 2 amide bonds. The van der Waals surface area contributed by atoms with Crippen molar-refractivity contribution in [1.82, 2.24) is 5.32 Å². The summed E-state index contributed by atoms with van der Waals surface area (Å²) < 4.78 is 0. The molecule has 0 saturated carbocycles. The van der Waals surface area contributed by atoms with E-state index in [0.29, 0.717) is 33.2 Å². The van der Waals surface area contributed by atoms with Gasteiger partial charge in [-0.05, 0) is 53.4 Å². The maximum Gasteiger partial charge on any atom is 0.254 e. The summed E-state index contributed by atoms with van der Waals surface area (Å²) in [6.45, 7) is 1.82. The van der Waals surface area contributed by atoms with E-state index >= 15 is 0 Å². The molecular weight excluding hydrogens is 512 g/mol. The number of anilines is 2. The van der Waals surface area contributed by atoms with E-state index in [1.807, 2.05) is 97.2 Å². The van der Waals surface area contributed by atoms with Crippen LogP contribution in [0.3, 0.4) is 0 Å². The monoisotopic (exact) mass is 536 g/mol. The highest BCUT2D eigenvalue weighted by Crippen LogP contribution is 2.42. The number of benzene rings is 3. The number of hydrogen-bond donors (Lipinski definition) is 3. The van der Waals surface area contributed by atoms with Crippen molar-refractivity contribution in [2.75, 3.05) is 16.4 Å². The van der Waals surface area contributed by atoms with Gasteiger partial charge in [-0.25, -0.2) is 0 Å². The average molecular weight is 537 g/mol. The van der Waals surface area contributed by atoms with E-state index in [2.05, 4.69) is 22.0 Å². The van der Waals surface area contributed by atoms with Gasteiger partial charge in [-0.3, -0.25) is 9.59 Å². The first-order valence-corrected chi connectivity index (χ1v) is 13.8. The van der Waals surface area contributed by atoms with Crippen LogP contribution in [-0.2, 0) is 9.59 Å². The topological polar surface area (TPSA) is 94.0 Å². The second-order valence-electron chi connectivity index (χ2n) is 8.69. The first kappa shape index (κ1) is 25.3. The molecule has 1 aliphatic rings. The van der Waals surface area contributed by atoms with Crippen LogP contribution in [0.1, 0.15) is 17.7 Å². The molecule has 0 bridgehead atoms. The molecule has 5 rings (SSSR count). The molecule has 0 aliphatic carbocycles. The van der Waals surface area contributed by atoms with E-state index in [0.717, 1.165) is 15.6 Å². The molecule has 0 fully saturated rings. The van der Waals surface area contributed by atoms with Crippen LogP contribution >= 0.6 is 23.1 Å².